The number of carbonyl (C=O) groups is 1. The summed E-state index contributed by atoms with van der Waals surface area (Å²) in [5.41, 5.74) is 10.7. The van der Waals surface area contributed by atoms with Gasteiger partial charge in [-0.15, -0.1) is 0 Å². The Balaban J connectivity index is 1.46. The van der Waals surface area contributed by atoms with Crippen molar-refractivity contribution in [1.82, 2.24) is 0 Å². The Morgan fingerprint density at radius 2 is 1.46 bits per heavy atom. The predicted octanol–water partition coefficient (Wildman–Crippen LogP) is 7.75. The molecule has 3 aliphatic rings. The summed E-state index contributed by atoms with van der Waals surface area (Å²) in [4.78, 5) is 13.4. The molecule has 10 nitrogen and oxygen atoms in total. The lowest BCUT2D eigenvalue weighted by atomic mass is 9.79. The van der Waals surface area contributed by atoms with Crippen LogP contribution < -0.4 is 4.90 Å². The van der Waals surface area contributed by atoms with Crippen molar-refractivity contribution in [2.24, 2.45) is 0 Å². The molecule has 0 spiro atoms. The zero-order chi connectivity index (χ0) is 41.2. The molecule has 0 radical (unpaired) electrons. The average Bonchev–Trinajstić information content (AvgIpc) is 3.49. The van der Waals surface area contributed by atoms with Gasteiger partial charge in [0.1, 0.15) is 6.54 Å². The van der Waals surface area contributed by atoms with Crippen molar-refractivity contribution in [3.8, 4) is 0 Å². The number of para-hydroxylation sites is 2. The number of hydrogen-bond acceptors (Lipinski definition) is 8. The van der Waals surface area contributed by atoms with Crippen LogP contribution >= 0.6 is 0 Å². The zero-order valence-corrected chi connectivity index (χ0v) is 34.7. The second kappa shape index (κ2) is 16.7. The minimum absolute atomic E-state index is 0.0399. The number of anilines is 1. The summed E-state index contributed by atoms with van der Waals surface area (Å²) in [6.07, 6.45) is 12.0. The molecule has 0 aromatic heterocycles. The SMILES string of the molecule is CC1(C)C(/C=C/C2=C(c3ccc(CCC(=O)O)cc3)C(=C/C=C3/N(CCCS(=O)(=O)[O-])c4ccccc4C3(C)C)/CCC2)=[N+](CCCS(=O)(=O)[O-])c2ccccc21. The molecule has 12 heteroatoms. The Labute approximate surface area is 337 Å². The standard InChI is InChI=1S/C45H52N2O8S2/c1-44(2)36-14-5-7-16-38(36)46(28-10-30-56(50,51)52)40(44)25-23-33-12-9-13-34(43(33)35-21-18-32(19-22-35)20-27-42(48)49)24-26-41-45(3,4)37-15-6-8-17-39(37)47(41)29-11-31-57(53,54)55/h5-8,14-19,21-26H,9-13,20,27-31H2,1-4H3,(H2-,48,49,50,51,52,53,54,55)/p-1. The van der Waals surface area contributed by atoms with E-state index < -0.39 is 48.5 Å². The van der Waals surface area contributed by atoms with Gasteiger partial charge in [-0.3, -0.25) is 4.79 Å². The number of benzene rings is 3. The van der Waals surface area contributed by atoms with E-state index in [0.29, 0.717) is 19.5 Å². The second-order valence-electron chi connectivity index (χ2n) is 16.1. The van der Waals surface area contributed by atoms with Gasteiger partial charge in [0.15, 0.2) is 5.71 Å². The van der Waals surface area contributed by atoms with Crippen molar-refractivity contribution < 1.29 is 40.4 Å². The predicted molar refractivity (Wildman–Crippen MR) is 223 cm³/mol. The van der Waals surface area contributed by atoms with Crippen molar-refractivity contribution in [2.75, 3.05) is 29.5 Å². The van der Waals surface area contributed by atoms with E-state index in [0.717, 1.165) is 81.0 Å². The topological polar surface area (TPSA) is 158 Å². The van der Waals surface area contributed by atoms with Crippen molar-refractivity contribution >= 4 is 48.9 Å². The Morgan fingerprint density at radius 1 is 0.807 bits per heavy atom. The Bertz CT molecular complexity index is 2420. The molecule has 57 heavy (non-hydrogen) atoms. The zero-order valence-electron chi connectivity index (χ0n) is 33.0. The fourth-order valence-corrected chi connectivity index (χ4v) is 9.61. The van der Waals surface area contributed by atoms with E-state index in [-0.39, 0.29) is 19.3 Å². The van der Waals surface area contributed by atoms with Crippen LogP contribution in [0.3, 0.4) is 0 Å². The Hall–Kier alpha value is -4.62. The first-order valence-electron chi connectivity index (χ1n) is 19.5. The normalized spacial score (nSPS) is 19.2. The molecular weight excluding hydrogens is 761 g/mol. The molecule has 1 N–H and O–H groups in total. The van der Waals surface area contributed by atoms with Gasteiger partial charge in [0.05, 0.1) is 25.7 Å². The molecule has 0 fully saturated rings. The van der Waals surface area contributed by atoms with Gasteiger partial charge in [-0.1, -0.05) is 86.7 Å². The van der Waals surface area contributed by atoms with Gasteiger partial charge in [0, 0.05) is 65.4 Å². The fourth-order valence-electron chi connectivity index (χ4n) is 8.64. The lowest BCUT2D eigenvalue weighted by Gasteiger charge is -2.28. The average molecular weight is 812 g/mol. The molecule has 0 bridgehead atoms. The summed E-state index contributed by atoms with van der Waals surface area (Å²) >= 11 is 0. The minimum Gasteiger partial charge on any atom is -0.748 e. The van der Waals surface area contributed by atoms with E-state index in [2.05, 4.69) is 85.7 Å². The van der Waals surface area contributed by atoms with Gasteiger partial charge >= 0.3 is 5.97 Å². The van der Waals surface area contributed by atoms with Gasteiger partial charge < -0.3 is 19.1 Å². The van der Waals surface area contributed by atoms with Crippen LogP contribution in [0.25, 0.3) is 5.57 Å². The van der Waals surface area contributed by atoms with Crippen molar-refractivity contribution in [3.63, 3.8) is 0 Å². The molecule has 2 heterocycles. The van der Waals surface area contributed by atoms with Crippen LogP contribution in [0.15, 0.2) is 114 Å². The molecule has 0 unspecified atom stereocenters. The highest BCUT2D eigenvalue weighted by Crippen LogP contribution is 2.48. The van der Waals surface area contributed by atoms with Gasteiger partial charge in [0.25, 0.3) is 0 Å². The first-order valence-corrected chi connectivity index (χ1v) is 22.6. The smallest absolute Gasteiger partial charge is 0.303 e. The molecule has 3 aromatic rings. The first kappa shape index (κ1) is 42.0. The van der Waals surface area contributed by atoms with Crippen molar-refractivity contribution in [3.05, 3.63) is 136 Å². The van der Waals surface area contributed by atoms with E-state index in [1.807, 2.05) is 48.5 Å². The van der Waals surface area contributed by atoms with E-state index >= 15 is 0 Å². The molecule has 0 amide bonds. The highest BCUT2D eigenvalue weighted by atomic mass is 32.2. The van der Waals surface area contributed by atoms with Crippen LogP contribution in [0.2, 0.25) is 0 Å². The van der Waals surface area contributed by atoms with E-state index in [1.165, 1.54) is 0 Å². The third-order valence-electron chi connectivity index (χ3n) is 11.4. The molecule has 302 valence electrons. The van der Waals surface area contributed by atoms with Crippen LogP contribution in [0.5, 0.6) is 0 Å². The Morgan fingerprint density at radius 3 is 2.14 bits per heavy atom. The van der Waals surface area contributed by atoms with Gasteiger partial charge in [0.2, 0.25) is 5.69 Å². The summed E-state index contributed by atoms with van der Waals surface area (Å²) in [6.45, 7) is 9.36. The number of carboxylic acid groups (broad SMARTS) is 1. The lowest BCUT2D eigenvalue weighted by Crippen LogP contribution is -2.28. The third kappa shape index (κ3) is 9.58. The van der Waals surface area contributed by atoms with Gasteiger partial charge in [-0.2, -0.15) is 4.58 Å². The maximum Gasteiger partial charge on any atom is 0.303 e. The van der Waals surface area contributed by atoms with E-state index in [9.17, 15) is 35.8 Å². The van der Waals surface area contributed by atoms with Crippen LogP contribution in [-0.4, -0.2) is 71.9 Å². The number of hydrogen-bond donors (Lipinski definition) is 1. The minimum atomic E-state index is -4.36. The third-order valence-corrected chi connectivity index (χ3v) is 13.0. The summed E-state index contributed by atoms with van der Waals surface area (Å²) in [5, 5.41) is 9.28. The monoisotopic (exact) mass is 811 g/mol. The Kier molecular flexibility index (Phi) is 12.3. The molecule has 0 atom stereocenters. The maximum absolute atomic E-state index is 11.5. The van der Waals surface area contributed by atoms with Crippen molar-refractivity contribution in [1.29, 1.82) is 0 Å². The van der Waals surface area contributed by atoms with Crippen LogP contribution in [0, 0.1) is 0 Å². The molecule has 0 saturated carbocycles. The van der Waals surface area contributed by atoms with E-state index in [1.54, 1.807) is 0 Å². The molecule has 3 aromatic carbocycles. The highest BCUT2D eigenvalue weighted by molar-refractivity contribution is 7.85. The number of aryl methyl sites for hydroxylation is 1. The van der Waals surface area contributed by atoms with E-state index in [4.69, 9.17) is 0 Å². The van der Waals surface area contributed by atoms with Gasteiger partial charge in [-0.05, 0) is 91.5 Å². The number of nitrogens with zero attached hydrogens (tertiary/aromatic N) is 2. The first-order chi connectivity index (χ1) is 26.9. The maximum atomic E-state index is 11.5. The second-order valence-corrected chi connectivity index (χ2v) is 19.2. The molecule has 1 aliphatic carbocycles. The van der Waals surface area contributed by atoms with Crippen LogP contribution in [0.4, 0.5) is 11.4 Å². The van der Waals surface area contributed by atoms with Crippen LogP contribution in [-0.2, 0) is 42.3 Å². The van der Waals surface area contributed by atoms with Gasteiger partial charge in [-0.25, -0.2) is 16.8 Å². The summed E-state index contributed by atoms with van der Waals surface area (Å²) in [7, 11) is -8.73. The summed E-state index contributed by atoms with van der Waals surface area (Å²) in [6, 6.07) is 24.2. The molecule has 0 saturated heterocycles. The summed E-state index contributed by atoms with van der Waals surface area (Å²) < 4.78 is 71.4. The van der Waals surface area contributed by atoms with Crippen molar-refractivity contribution in [2.45, 2.75) is 83.5 Å². The molecule has 2 aliphatic heterocycles. The summed E-state index contributed by atoms with van der Waals surface area (Å²) in [5.74, 6) is -1.73. The fraction of sp³-hybridized carbons (Fsp3) is 0.378. The number of allylic oxidation sites excluding steroid dienone is 8. The lowest BCUT2D eigenvalue weighted by molar-refractivity contribution is -0.437. The highest BCUT2D eigenvalue weighted by Gasteiger charge is 2.44. The largest absolute Gasteiger partial charge is 0.748 e. The number of aliphatic carboxylic acids is 1. The molecular formula is C45H51N2O8S2-. The molecule has 6 rings (SSSR count). The quantitative estimate of drug-likeness (QED) is 0.120. The number of carboxylic acids is 1. The number of fused-ring (bicyclic) bond motifs is 2. The number of rotatable bonds is 15. The van der Waals surface area contributed by atoms with Crippen LogP contribution in [0.1, 0.15) is 88.5 Å².